The van der Waals surface area contributed by atoms with Crippen LogP contribution in [0.25, 0.3) is 27.7 Å². The van der Waals surface area contributed by atoms with Crippen LogP contribution in [0, 0.1) is 0 Å². The van der Waals surface area contributed by atoms with Gasteiger partial charge in [0.15, 0.2) is 0 Å². The quantitative estimate of drug-likeness (QED) is 0.127. The molecule has 4 aromatic rings. The van der Waals surface area contributed by atoms with Crippen molar-refractivity contribution in [1.29, 1.82) is 0 Å². The Morgan fingerprint density at radius 1 is 0.973 bits per heavy atom. The maximum absolute atomic E-state index is 12.9. The first-order chi connectivity index (χ1) is 17.7. The summed E-state index contributed by atoms with van der Waals surface area (Å²) in [4.78, 5) is 24.4. The molecule has 0 aliphatic heterocycles. The summed E-state index contributed by atoms with van der Waals surface area (Å²) in [7, 11) is 2.69. The molecule has 0 bridgehead atoms. The number of carbonyl (C=O) groups is 1. The van der Waals surface area contributed by atoms with E-state index < -0.39 is 23.3 Å². The molecule has 37 heavy (non-hydrogen) atoms. The molecule has 0 fully saturated rings. The van der Waals surface area contributed by atoms with Crippen molar-refractivity contribution in [3.05, 3.63) is 106 Å². The van der Waals surface area contributed by atoms with Gasteiger partial charge in [0, 0.05) is 17.5 Å². The highest BCUT2D eigenvalue weighted by Gasteiger charge is 2.30. The van der Waals surface area contributed by atoms with E-state index in [1.54, 1.807) is 36.4 Å². The second kappa shape index (κ2) is 10.6. The Morgan fingerprint density at radius 3 is 2.38 bits per heavy atom. The molecule has 0 unspecified atom stereocenters. The Labute approximate surface area is 209 Å². The van der Waals surface area contributed by atoms with E-state index >= 15 is 0 Å². The van der Waals surface area contributed by atoms with Gasteiger partial charge in [0.05, 0.1) is 26.0 Å². The molecule has 0 saturated carbocycles. The van der Waals surface area contributed by atoms with Crippen molar-refractivity contribution >= 4 is 22.5 Å². The lowest BCUT2D eigenvalue weighted by Gasteiger charge is -2.13. The zero-order chi connectivity index (χ0) is 26.6. The molecule has 9 heteroatoms. The molecule has 3 aromatic carbocycles. The molecule has 0 radical (unpaired) electrons. The van der Waals surface area contributed by atoms with Crippen LogP contribution in [0.15, 0.2) is 88.3 Å². The number of rotatable bonds is 7. The number of ether oxygens (including phenoxy) is 3. The van der Waals surface area contributed by atoms with Gasteiger partial charge in [-0.15, -0.1) is 0 Å². The SMILES string of the molecule is CO/C=C(/C(=O)OC)c1ccccc1COc1ccc2c(-c3ccc(C(F)(F)F)cc3)cc(=O)oc2c1. The van der Waals surface area contributed by atoms with Gasteiger partial charge in [0.2, 0.25) is 0 Å². The summed E-state index contributed by atoms with van der Waals surface area (Å²) < 4.78 is 59.9. The first-order valence-corrected chi connectivity index (χ1v) is 11.0. The molecule has 1 aromatic heterocycles. The standard InChI is InChI=1S/C28H21F3O6/c1-34-16-24(27(33)35-2)21-6-4-3-5-18(21)15-36-20-11-12-22-23(14-26(32)37-25(22)13-20)17-7-9-19(10-8-17)28(29,30)31/h3-14,16H,15H2,1-2H3/b24-16+. The smallest absolute Gasteiger partial charge is 0.416 e. The predicted molar refractivity (Wildman–Crippen MR) is 131 cm³/mol. The lowest BCUT2D eigenvalue weighted by molar-refractivity contribution is -0.137. The molecule has 4 rings (SSSR count). The van der Waals surface area contributed by atoms with Gasteiger partial charge in [-0.25, -0.2) is 9.59 Å². The van der Waals surface area contributed by atoms with Gasteiger partial charge in [0.1, 0.15) is 23.5 Å². The molecule has 0 N–H and O–H groups in total. The first-order valence-electron chi connectivity index (χ1n) is 11.0. The largest absolute Gasteiger partial charge is 0.503 e. The van der Waals surface area contributed by atoms with Crippen molar-refractivity contribution in [2.45, 2.75) is 12.8 Å². The topological polar surface area (TPSA) is 75.0 Å². The van der Waals surface area contributed by atoms with Crippen molar-refractivity contribution in [3.63, 3.8) is 0 Å². The number of alkyl halides is 3. The minimum absolute atomic E-state index is 0.0720. The number of fused-ring (bicyclic) bond motifs is 1. The Morgan fingerprint density at radius 2 is 1.70 bits per heavy atom. The molecule has 0 aliphatic carbocycles. The molecule has 0 atom stereocenters. The molecule has 0 saturated heterocycles. The number of hydrogen-bond acceptors (Lipinski definition) is 6. The summed E-state index contributed by atoms with van der Waals surface area (Å²) in [5.41, 5.74) is 1.10. The zero-order valence-corrected chi connectivity index (χ0v) is 19.8. The molecule has 1 heterocycles. The fraction of sp³-hybridized carbons (Fsp3) is 0.143. The van der Waals surface area contributed by atoms with Gasteiger partial charge >= 0.3 is 17.8 Å². The van der Waals surface area contributed by atoms with Crippen molar-refractivity contribution in [2.24, 2.45) is 0 Å². The van der Waals surface area contributed by atoms with Gasteiger partial charge in [0.25, 0.3) is 0 Å². The van der Waals surface area contributed by atoms with E-state index in [2.05, 4.69) is 0 Å². The van der Waals surface area contributed by atoms with E-state index in [1.165, 1.54) is 44.7 Å². The number of carbonyl (C=O) groups excluding carboxylic acids is 1. The fourth-order valence-corrected chi connectivity index (χ4v) is 3.83. The third-order valence-electron chi connectivity index (χ3n) is 5.58. The maximum atomic E-state index is 12.9. The Balaban J connectivity index is 1.64. The first kappa shape index (κ1) is 25.6. The summed E-state index contributed by atoms with van der Waals surface area (Å²) >= 11 is 0. The van der Waals surface area contributed by atoms with Crippen LogP contribution in [-0.4, -0.2) is 20.2 Å². The summed E-state index contributed by atoms with van der Waals surface area (Å²) in [6.45, 7) is 0.0720. The minimum Gasteiger partial charge on any atom is -0.503 e. The fourth-order valence-electron chi connectivity index (χ4n) is 3.83. The van der Waals surface area contributed by atoms with Crippen LogP contribution in [0.5, 0.6) is 5.75 Å². The highest BCUT2D eigenvalue weighted by molar-refractivity contribution is 6.16. The second-order valence-electron chi connectivity index (χ2n) is 7.92. The third kappa shape index (κ3) is 5.66. The predicted octanol–water partition coefficient (Wildman–Crippen LogP) is 6.22. The van der Waals surface area contributed by atoms with Gasteiger partial charge in [-0.2, -0.15) is 13.2 Å². The Hall–Kier alpha value is -4.53. The van der Waals surface area contributed by atoms with Crippen LogP contribution >= 0.6 is 0 Å². The van der Waals surface area contributed by atoms with E-state index in [-0.39, 0.29) is 17.8 Å². The van der Waals surface area contributed by atoms with Gasteiger partial charge in [-0.1, -0.05) is 36.4 Å². The molecule has 0 aliphatic rings. The lowest BCUT2D eigenvalue weighted by atomic mass is 10.0. The van der Waals surface area contributed by atoms with Crippen LogP contribution in [0.1, 0.15) is 16.7 Å². The highest BCUT2D eigenvalue weighted by atomic mass is 19.4. The van der Waals surface area contributed by atoms with Gasteiger partial charge in [-0.3, -0.25) is 0 Å². The number of halogens is 3. The van der Waals surface area contributed by atoms with Crippen LogP contribution < -0.4 is 10.4 Å². The molecule has 0 amide bonds. The van der Waals surface area contributed by atoms with Crippen molar-refractivity contribution < 1.29 is 36.6 Å². The average Bonchev–Trinajstić information content (AvgIpc) is 2.89. The zero-order valence-electron chi connectivity index (χ0n) is 19.8. The van der Waals surface area contributed by atoms with Crippen LogP contribution in [0.4, 0.5) is 13.2 Å². The van der Waals surface area contributed by atoms with E-state index in [0.717, 1.165) is 12.1 Å². The monoisotopic (exact) mass is 510 g/mol. The number of hydrogen-bond donors (Lipinski definition) is 0. The normalized spacial score (nSPS) is 11.9. The number of benzene rings is 3. The molecule has 190 valence electrons. The van der Waals surface area contributed by atoms with E-state index in [9.17, 15) is 22.8 Å². The molecular weight excluding hydrogens is 489 g/mol. The Bertz CT molecular complexity index is 1520. The Kier molecular flexibility index (Phi) is 7.33. The summed E-state index contributed by atoms with van der Waals surface area (Å²) in [5, 5.41) is 0.531. The molecule has 6 nitrogen and oxygen atoms in total. The highest BCUT2D eigenvalue weighted by Crippen LogP contribution is 2.34. The number of esters is 1. The van der Waals surface area contributed by atoms with E-state index in [1.807, 2.05) is 0 Å². The van der Waals surface area contributed by atoms with Crippen molar-refractivity contribution in [2.75, 3.05) is 14.2 Å². The summed E-state index contributed by atoms with van der Waals surface area (Å²) in [6.07, 6.45) is -3.17. The van der Waals surface area contributed by atoms with E-state index in [4.69, 9.17) is 18.6 Å². The molecular formula is C28H21F3O6. The summed E-state index contributed by atoms with van der Waals surface area (Å²) in [6, 6.07) is 17.7. The molecule has 0 spiro atoms. The third-order valence-corrected chi connectivity index (χ3v) is 5.58. The maximum Gasteiger partial charge on any atom is 0.416 e. The number of methoxy groups -OCH3 is 2. The van der Waals surface area contributed by atoms with Crippen LogP contribution in [0.3, 0.4) is 0 Å². The van der Waals surface area contributed by atoms with Crippen molar-refractivity contribution in [3.8, 4) is 16.9 Å². The van der Waals surface area contributed by atoms with Gasteiger partial charge < -0.3 is 18.6 Å². The lowest BCUT2D eigenvalue weighted by Crippen LogP contribution is -2.08. The second-order valence-corrected chi connectivity index (χ2v) is 7.92. The van der Waals surface area contributed by atoms with Gasteiger partial charge in [-0.05, 0) is 46.5 Å². The van der Waals surface area contributed by atoms with E-state index in [0.29, 0.717) is 33.4 Å². The average molecular weight is 510 g/mol. The van der Waals surface area contributed by atoms with Crippen molar-refractivity contribution in [1.82, 2.24) is 0 Å². The minimum atomic E-state index is -4.46. The van der Waals surface area contributed by atoms with Crippen LogP contribution in [-0.2, 0) is 27.1 Å². The summed E-state index contributed by atoms with van der Waals surface area (Å²) in [5.74, 6) is -0.192. The van der Waals surface area contributed by atoms with Crippen LogP contribution in [0.2, 0.25) is 0 Å².